The zero-order valence-corrected chi connectivity index (χ0v) is 12.4. The molecule has 0 bridgehead atoms. The number of hydrogen-bond donors (Lipinski definition) is 2. The number of rotatable bonds is 5. The maximum atomic E-state index is 11.7. The molecular weight excluding hydrogens is 264 g/mol. The third-order valence-electron chi connectivity index (χ3n) is 2.93. The first-order valence-corrected chi connectivity index (χ1v) is 7.65. The second-order valence-corrected chi connectivity index (χ2v) is 6.89. The highest BCUT2D eigenvalue weighted by molar-refractivity contribution is 7.93. The summed E-state index contributed by atoms with van der Waals surface area (Å²) in [6, 6.07) is 6.82. The van der Waals surface area contributed by atoms with Crippen LogP contribution in [0.25, 0.3) is 0 Å². The number of benzene rings is 1. The van der Waals surface area contributed by atoms with Crippen molar-refractivity contribution in [3.05, 3.63) is 29.8 Å². The van der Waals surface area contributed by atoms with Gasteiger partial charge in [-0.15, -0.1) is 0 Å². The summed E-state index contributed by atoms with van der Waals surface area (Å²) in [5, 5.41) is 2.09. The van der Waals surface area contributed by atoms with Crippen LogP contribution in [0.15, 0.2) is 24.3 Å². The van der Waals surface area contributed by atoms with Crippen molar-refractivity contribution in [1.29, 1.82) is 0 Å². The predicted molar refractivity (Wildman–Crippen MR) is 76.6 cm³/mol. The number of anilines is 1. The van der Waals surface area contributed by atoms with Gasteiger partial charge in [-0.05, 0) is 38.5 Å². The topological polar surface area (TPSA) is 75.3 Å². The number of nitrogens with one attached hydrogen (secondary N) is 2. The number of hydrogen-bond acceptors (Lipinski definition) is 3. The summed E-state index contributed by atoms with van der Waals surface area (Å²) in [7, 11) is -1.75. The minimum atomic E-state index is -3.33. The van der Waals surface area contributed by atoms with Gasteiger partial charge in [-0.2, -0.15) is 0 Å². The molecule has 0 aromatic heterocycles. The van der Waals surface area contributed by atoms with E-state index in [1.165, 1.54) is 0 Å². The Hall–Kier alpha value is -1.56. The van der Waals surface area contributed by atoms with E-state index in [-0.39, 0.29) is 11.8 Å². The maximum absolute atomic E-state index is 11.7. The molecule has 0 saturated heterocycles. The van der Waals surface area contributed by atoms with Gasteiger partial charge in [0.05, 0.1) is 11.2 Å². The Morgan fingerprint density at radius 3 is 2.05 bits per heavy atom. The fourth-order valence-electron chi connectivity index (χ4n) is 1.49. The van der Waals surface area contributed by atoms with Crippen LogP contribution in [0.4, 0.5) is 5.69 Å². The number of likely N-dealkylation sites (N-methyl/N-ethyl adjacent to an activating group) is 1. The van der Waals surface area contributed by atoms with Crippen LogP contribution in [0.5, 0.6) is 0 Å². The van der Waals surface area contributed by atoms with E-state index in [2.05, 4.69) is 10.0 Å². The zero-order chi connectivity index (χ0) is 14.6. The lowest BCUT2D eigenvalue weighted by Gasteiger charge is -2.13. The highest BCUT2D eigenvalue weighted by Gasteiger charge is 2.16. The fourth-order valence-corrected chi connectivity index (χ4v) is 2.19. The Morgan fingerprint density at radius 1 is 1.11 bits per heavy atom. The summed E-state index contributed by atoms with van der Waals surface area (Å²) in [4.78, 5) is 11.5. The van der Waals surface area contributed by atoms with Crippen LogP contribution >= 0.6 is 0 Å². The quantitative estimate of drug-likeness (QED) is 0.864. The van der Waals surface area contributed by atoms with E-state index in [1.54, 1.807) is 52.1 Å². The van der Waals surface area contributed by atoms with E-state index in [9.17, 15) is 13.2 Å². The first-order valence-electron chi connectivity index (χ1n) is 6.11. The summed E-state index contributed by atoms with van der Waals surface area (Å²) >= 11 is 0. The third-order valence-corrected chi connectivity index (χ3v) is 4.69. The molecule has 0 fully saturated rings. The van der Waals surface area contributed by atoms with E-state index in [0.717, 1.165) is 5.56 Å². The van der Waals surface area contributed by atoms with Crippen molar-refractivity contribution in [2.24, 2.45) is 0 Å². The van der Waals surface area contributed by atoms with Crippen molar-refractivity contribution >= 4 is 21.6 Å². The number of carbonyl (C=O) groups excluding carboxylic acids is 1. The summed E-state index contributed by atoms with van der Waals surface area (Å²) in [5.41, 5.74) is 1.34. The molecule has 1 aromatic carbocycles. The first kappa shape index (κ1) is 15.5. The summed E-state index contributed by atoms with van der Waals surface area (Å²) in [6.45, 7) is 5.03. The van der Waals surface area contributed by atoms with Crippen molar-refractivity contribution < 1.29 is 13.2 Å². The smallest absolute Gasteiger partial charge is 0.235 e. The molecule has 5 nitrogen and oxygen atoms in total. The molecule has 0 aliphatic carbocycles. The second kappa shape index (κ2) is 6.06. The first-order chi connectivity index (χ1) is 8.77. The highest BCUT2D eigenvalue weighted by atomic mass is 32.2. The van der Waals surface area contributed by atoms with Gasteiger partial charge in [0.25, 0.3) is 0 Å². The Labute approximate surface area is 114 Å². The van der Waals surface area contributed by atoms with Gasteiger partial charge in [-0.25, -0.2) is 8.42 Å². The van der Waals surface area contributed by atoms with Crippen LogP contribution < -0.4 is 10.0 Å². The number of sulfonamides is 1. The molecule has 0 aliphatic rings. The van der Waals surface area contributed by atoms with Crippen LogP contribution in [0.1, 0.15) is 32.3 Å². The van der Waals surface area contributed by atoms with Crippen LogP contribution in [-0.4, -0.2) is 26.6 Å². The lowest BCUT2D eigenvalue weighted by molar-refractivity contribution is -0.121. The van der Waals surface area contributed by atoms with Crippen molar-refractivity contribution in [2.45, 2.75) is 31.9 Å². The molecule has 1 amide bonds. The SMILES string of the molecule is CNC(=O)[C@@H](C)c1ccc(NS(=O)(=O)C(C)C)cc1. The van der Waals surface area contributed by atoms with Crippen molar-refractivity contribution in [2.75, 3.05) is 11.8 Å². The highest BCUT2D eigenvalue weighted by Crippen LogP contribution is 2.19. The maximum Gasteiger partial charge on any atom is 0.235 e. The normalized spacial score (nSPS) is 13.1. The van der Waals surface area contributed by atoms with Crippen molar-refractivity contribution in [3.8, 4) is 0 Å². The van der Waals surface area contributed by atoms with Crippen LogP contribution in [0, 0.1) is 0 Å². The van der Waals surface area contributed by atoms with Gasteiger partial charge in [0.2, 0.25) is 15.9 Å². The van der Waals surface area contributed by atoms with Crippen molar-refractivity contribution in [1.82, 2.24) is 5.32 Å². The van der Waals surface area contributed by atoms with Crippen LogP contribution in [0.3, 0.4) is 0 Å². The van der Waals surface area contributed by atoms with Gasteiger partial charge < -0.3 is 5.32 Å². The lowest BCUT2D eigenvalue weighted by Crippen LogP contribution is -2.24. The van der Waals surface area contributed by atoms with Gasteiger partial charge in [0.1, 0.15) is 0 Å². The molecule has 19 heavy (non-hydrogen) atoms. The molecule has 1 atom stereocenters. The summed E-state index contributed by atoms with van der Waals surface area (Å²) in [6.07, 6.45) is 0. The molecule has 0 saturated carbocycles. The third kappa shape index (κ3) is 3.96. The van der Waals surface area contributed by atoms with E-state index in [1.807, 2.05) is 0 Å². The molecule has 0 heterocycles. The van der Waals surface area contributed by atoms with Crippen LogP contribution in [0.2, 0.25) is 0 Å². The summed E-state index contributed by atoms with van der Waals surface area (Å²) < 4.78 is 25.9. The van der Waals surface area contributed by atoms with E-state index in [4.69, 9.17) is 0 Å². The van der Waals surface area contributed by atoms with Gasteiger partial charge in [0, 0.05) is 12.7 Å². The molecule has 2 N–H and O–H groups in total. The van der Waals surface area contributed by atoms with Gasteiger partial charge in [0.15, 0.2) is 0 Å². The Kier molecular flexibility index (Phi) is 4.94. The monoisotopic (exact) mass is 284 g/mol. The number of carbonyl (C=O) groups is 1. The Morgan fingerprint density at radius 2 is 1.63 bits per heavy atom. The molecule has 106 valence electrons. The summed E-state index contributed by atoms with van der Waals surface area (Å²) in [5.74, 6) is -0.337. The van der Waals surface area contributed by atoms with E-state index < -0.39 is 15.3 Å². The van der Waals surface area contributed by atoms with Crippen LogP contribution in [-0.2, 0) is 14.8 Å². The van der Waals surface area contributed by atoms with Gasteiger partial charge in [-0.1, -0.05) is 12.1 Å². The molecule has 0 radical (unpaired) electrons. The fraction of sp³-hybridized carbons (Fsp3) is 0.462. The lowest BCUT2D eigenvalue weighted by atomic mass is 10.0. The second-order valence-electron chi connectivity index (χ2n) is 4.65. The van der Waals surface area contributed by atoms with E-state index in [0.29, 0.717) is 5.69 Å². The Balaban J connectivity index is 2.86. The average molecular weight is 284 g/mol. The Bertz CT molecular complexity index is 536. The zero-order valence-electron chi connectivity index (χ0n) is 11.6. The molecule has 0 unspecified atom stereocenters. The molecule has 6 heteroatoms. The minimum Gasteiger partial charge on any atom is -0.359 e. The molecular formula is C13H20N2O3S. The van der Waals surface area contributed by atoms with E-state index >= 15 is 0 Å². The minimum absolute atomic E-state index is 0.0736. The largest absolute Gasteiger partial charge is 0.359 e. The molecule has 0 aliphatic heterocycles. The average Bonchev–Trinajstić information content (AvgIpc) is 2.37. The molecule has 1 aromatic rings. The van der Waals surface area contributed by atoms with Gasteiger partial charge in [-0.3, -0.25) is 9.52 Å². The molecule has 0 spiro atoms. The number of amides is 1. The van der Waals surface area contributed by atoms with Crippen molar-refractivity contribution in [3.63, 3.8) is 0 Å². The predicted octanol–water partition coefficient (Wildman–Crippen LogP) is 1.69. The van der Waals surface area contributed by atoms with Gasteiger partial charge >= 0.3 is 0 Å². The molecule has 1 rings (SSSR count). The standard InChI is InChI=1S/C13H20N2O3S/c1-9(2)19(17,18)15-12-7-5-11(6-8-12)10(3)13(16)14-4/h5-10,15H,1-4H3,(H,14,16)/t10-/m0/s1.